The Kier molecular flexibility index (Phi) is 4.89. The van der Waals surface area contributed by atoms with Crippen LogP contribution in [0.4, 0.5) is 24.7 Å². The number of amides is 1. The van der Waals surface area contributed by atoms with E-state index in [4.69, 9.17) is 4.74 Å². The van der Waals surface area contributed by atoms with Gasteiger partial charge in [-0.2, -0.15) is 13.2 Å². The SMILES string of the molecule is O=C(c1ccnc(Nc2ccccc2C(F)(F)F)c1)N1CCOCC1. The molecule has 132 valence electrons. The lowest BCUT2D eigenvalue weighted by atomic mass is 10.1. The molecule has 1 aromatic carbocycles. The second-order valence-electron chi connectivity index (χ2n) is 5.50. The summed E-state index contributed by atoms with van der Waals surface area (Å²) in [5.41, 5.74) is -0.538. The van der Waals surface area contributed by atoms with Gasteiger partial charge in [-0.3, -0.25) is 4.79 Å². The smallest absolute Gasteiger partial charge is 0.378 e. The third-order valence-electron chi connectivity index (χ3n) is 3.80. The average molecular weight is 351 g/mol. The van der Waals surface area contributed by atoms with Gasteiger partial charge in [-0.25, -0.2) is 4.98 Å². The molecule has 1 saturated heterocycles. The maximum Gasteiger partial charge on any atom is 0.418 e. The highest BCUT2D eigenvalue weighted by Crippen LogP contribution is 2.35. The number of aromatic nitrogens is 1. The van der Waals surface area contributed by atoms with Crippen molar-refractivity contribution in [1.82, 2.24) is 9.88 Å². The minimum atomic E-state index is -4.48. The molecule has 1 aliphatic rings. The van der Waals surface area contributed by atoms with Crippen LogP contribution in [0.15, 0.2) is 42.6 Å². The van der Waals surface area contributed by atoms with E-state index in [-0.39, 0.29) is 17.4 Å². The highest BCUT2D eigenvalue weighted by molar-refractivity contribution is 5.95. The van der Waals surface area contributed by atoms with E-state index in [1.807, 2.05) is 0 Å². The van der Waals surface area contributed by atoms with Crippen LogP contribution in [-0.2, 0) is 10.9 Å². The number of carbonyl (C=O) groups is 1. The third kappa shape index (κ3) is 4.08. The fraction of sp³-hybridized carbons (Fsp3) is 0.294. The van der Waals surface area contributed by atoms with Crippen LogP contribution in [0.25, 0.3) is 0 Å². The van der Waals surface area contributed by atoms with Gasteiger partial charge in [0.2, 0.25) is 0 Å². The van der Waals surface area contributed by atoms with Crippen LogP contribution in [0.2, 0.25) is 0 Å². The minimum absolute atomic E-state index is 0.113. The Morgan fingerprint density at radius 3 is 2.60 bits per heavy atom. The molecule has 5 nitrogen and oxygen atoms in total. The first kappa shape index (κ1) is 17.2. The first-order valence-electron chi connectivity index (χ1n) is 7.71. The van der Waals surface area contributed by atoms with Crippen LogP contribution in [-0.4, -0.2) is 42.1 Å². The number of hydrogen-bond acceptors (Lipinski definition) is 4. The van der Waals surface area contributed by atoms with Gasteiger partial charge >= 0.3 is 6.18 Å². The zero-order valence-corrected chi connectivity index (χ0v) is 13.2. The number of nitrogens with zero attached hydrogens (tertiary/aromatic N) is 2. The number of morpholine rings is 1. The standard InChI is InChI=1S/C17H16F3N3O2/c18-17(19,20)13-3-1-2-4-14(13)22-15-11-12(5-6-21-15)16(24)23-7-9-25-10-8-23/h1-6,11H,7-10H2,(H,21,22). The van der Waals surface area contributed by atoms with Crippen molar-refractivity contribution in [3.8, 4) is 0 Å². The second-order valence-corrected chi connectivity index (χ2v) is 5.50. The van der Waals surface area contributed by atoms with Gasteiger partial charge in [-0.1, -0.05) is 12.1 Å². The van der Waals surface area contributed by atoms with Gasteiger partial charge in [0.15, 0.2) is 0 Å². The van der Waals surface area contributed by atoms with Crippen LogP contribution >= 0.6 is 0 Å². The number of anilines is 2. The Labute approximate surface area is 142 Å². The summed E-state index contributed by atoms with van der Waals surface area (Å²) in [6, 6.07) is 8.12. The van der Waals surface area contributed by atoms with Crippen molar-refractivity contribution < 1.29 is 22.7 Å². The van der Waals surface area contributed by atoms with Gasteiger partial charge in [0.1, 0.15) is 5.82 Å². The summed E-state index contributed by atoms with van der Waals surface area (Å²) in [5, 5.41) is 2.65. The number of pyridine rings is 1. The monoisotopic (exact) mass is 351 g/mol. The van der Waals surface area contributed by atoms with E-state index in [0.29, 0.717) is 31.9 Å². The molecule has 25 heavy (non-hydrogen) atoms. The lowest BCUT2D eigenvalue weighted by Crippen LogP contribution is -2.40. The molecule has 2 aromatic rings. The van der Waals surface area contributed by atoms with E-state index in [9.17, 15) is 18.0 Å². The Balaban J connectivity index is 1.82. The summed E-state index contributed by atoms with van der Waals surface area (Å²) in [6.45, 7) is 1.92. The predicted octanol–water partition coefficient (Wildman–Crippen LogP) is 3.32. The molecule has 1 aliphatic heterocycles. The number of carbonyl (C=O) groups excluding carboxylic acids is 1. The number of para-hydroxylation sites is 1. The fourth-order valence-corrected chi connectivity index (χ4v) is 2.56. The first-order valence-corrected chi connectivity index (χ1v) is 7.71. The molecular weight excluding hydrogens is 335 g/mol. The number of alkyl halides is 3. The number of ether oxygens (including phenoxy) is 1. The second kappa shape index (κ2) is 7.10. The molecular formula is C17H16F3N3O2. The minimum Gasteiger partial charge on any atom is -0.378 e. The molecule has 8 heteroatoms. The van der Waals surface area contributed by atoms with E-state index >= 15 is 0 Å². The summed E-state index contributed by atoms with van der Waals surface area (Å²) in [7, 11) is 0. The van der Waals surface area contributed by atoms with E-state index in [1.165, 1.54) is 30.5 Å². The van der Waals surface area contributed by atoms with Crippen molar-refractivity contribution in [2.75, 3.05) is 31.6 Å². The van der Waals surface area contributed by atoms with Crippen LogP contribution < -0.4 is 5.32 Å². The third-order valence-corrected chi connectivity index (χ3v) is 3.80. The molecule has 2 heterocycles. The molecule has 1 fully saturated rings. The fourth-order valence-electron chi connectivity index (χ4n) is 2.56. The van der Waals surface area contributed by atoms with E-state index in [2.05, 4.69) is 10.3 Å². The predicted molar refractivity (Wildman–Crippen MR) is 85.7 cm³/mol. The van der Waals surface area contributed by atoms with Crippen molar-refractivity contribution >= 4 is 17.4 Å². The Morgan fingerprint density at radius 2 is 1.88 bits per heavy atom. The lowest BCUT2D eigenvalue weighted by molar-refractivity contribution is -0.136. The van der Waals surface area contributed by atoms with Crippen LogP contribution in [0.5, 0.6) is 0 Å². The Hall–Kier alpha value is -2.61. The van der Waals surface area contributed by atoms with Crippen molar-refractivity contribution in [2.24, 2.45) is 0 Å². The van der Waals surface area contributed by atoms with E-state index in [0.717, 1.165) is 6.07 Å². The lowest BCUT2D eigenvalue weighted by Gasteiger charge is -2.27. The van der Waals surface area contributed by atoms with Gasteiger partial charge < -0.3 is 15.0 Å². The van der Waals surface area contributed by atoms with Crippen molar-refractivity contribution in [3.05, 3.63) is 53.7 Å². The first-order chi connectivity index (χ1) is 11.9. The summed E-state index contributed by atoms with van der Waals surface area (Å²) >= 11 is 0. The van der Waals surface area contributed by atoms with Crippen LogP contribution in [0, 0.1) is 0 Å². The summed E-state index contributed by atoms with van der Waals surface area (Å²) in [4.78, 5) is 18.1. The quantitative estimate of drug-likeness (QED) is 0.922. The van der Waals surface area contributed by atoms with Crippen LogP contribution in [0.3, 0.4) is 0 Å². The number of halogens is 3. The number of rotatable bonds is 3. The molecule has 0 spiro atoms. The van der Waals surface area contributed by atoms with Gasteiger partial charge in [0, 0.05) is 24.8 Å². The molecule has 1 aromatic heterocycles. The molecule has 0 atom stereocenters. The molecule has 0 unspecified atom stereocenters. The van der Waals surface area contributed by atoms with Gasteiger partial charge in [0.05, 0.1) is 24.5 Å². The van der Waals surface area contributed by atoms with Crippen LogP contribution in [0.1, 0.15) is 15.9 Å². The molecule has 0 aliphatic carbocycles. The van der Waals surface area contributed by atoms with Gasteiger partial charge in [-0.15, -0.1) is 0 Å². The zero-order valence-electron chi connectivity index (χ0n) is 13.2. The Bertz CT molecular complexity index is 759. The number of benzene rings is 1. The summed E-state index contributed by atoms with van der Waals surface area (Å²) < 4.78 is 44.4. The number of hydrogen-bond donors (Lipinski definition) is 1. The molecule has 3 rings (SSSR count). The topological polar surface area (TPSA) is 54.5 Å². The molecule has 1 N–H and O–H groups in total. The molecule has 0 saturated carbocycles. The molecule has 0 radical (unpaired) electrons. The normalized spacial score (nSPS) is 15.1. The molecule has 0 bridgehead atoms. The Morgan fingerprint density at radius 1 is 1.16 bits per heavy atom. The maximum atomic E-state index is 13.1. The highest BCUT2D eigenvalue weighted by atomic mass is 19.4. The molecule has 1 amide bonds. The van der Waals surface area contributed by atoms with Crippen molar-refractivity contribution in [2.45, 2.75) is 6.18 Å². The van der Waals surface area contributed by atoms with Crippen molar-refractivity contribution in [1.29, 1.82) is 0 Å². The highest BCUT2D eigenvalue weighted by Gasteiger charge is 2.33. The van der Waals surface area contributed by atoms with Gasteiger partial charge in [0.25, 0.3) is 5.91 Å². The number of nitrogens with one attached hydrogen (secondary N) is 1. The average Bonchev–Trinajstić information content (AvgIpc) is 2.62. The van der Waals surface area contributed by atoms with E-state index < -0.39 is 11.7 Å². The van der Waals surface area contributed by atoms with Crippen molar-refractivity contribution in [3.63, 3.8) is 0 Å². The maximum absolute atomic E-state index is 13.1. The zero-order chi connectivity index (χ0) is 17.9. The summed E-state index contributed by atoms with van der Waals surface area (Å²) in [6.07, 6.45) is -3.09. The summed E-state index contributed by atoms with van der Waals surface area (Å²) in [5.74, 6) is -0.0198. The van der Waals surface area contributed by atoms with Gasteiger partial charge in [-0.05, 0) is 24.3 Å². The largest absolute Gasteiger partial charge is 0.418 e. The van der Waals surface area contributed by atoms with E-state index in [1.54, 1.807) is 11.0 Å².